The van der Waals surface area contributed by atoms with Crippen LogP contribution in [-0.4, -0.2) is 21.1 Å². The summed E-state index contributed by atoms with van der Waals surface area (Å²) in [6, 6.07) is 0.296. The standard InChI is InChI=1S/C11H21N3S/c1-4-6-10(12)11(5-2)15-9-7-13-14(3)8-9/h7-8,10-11H,4-6,12H2,1-3H3. The number of aryl methyl sites for hydroxylation is 1. The molecule has 2 unspecified atom stereocenters. The first-order valence-electron chi connectivity index (χ1n) is 5.58. The fourth-order valence-corrected chi connectivity index (χ4v) is 2.78. The van der Waals surface area contributed by atoms with Gasteiger partial charge in [-0.1, -0.05) is 20.3 Å². The second-order valence-electron chi connectivity index (χ2n) is 3.87. The van der Waals surface area contributed by atoms with E-state index in [1.54, 1.807) is 0 Å². The molecule has 0 radical (unpaired) electrons. The molecule has 2 atom stereocenters. The molecule has 0 amide bonds. The Morgan fingerprint density at radius 3 is 2.73 bits per heavy atom. The molecule has 0 aliphatic carbocycles. The Labute approximate surface area is 96.4 Å². The van der Waals surface area contributed by atoms with E-state index in [0.717, 1.165) is 19.3 Å². The van der Waals surface area contributed by atoms with Gasteiger partial charge in [-0.3, -0.25) is 4.68 Å². The van der Waals surface area contributed by atoms with Gasteiger partial charge in [0.2, 0.25) is 0 Å². The summed E-state index contributed by atoms with van der Waals surface area (Å²) in [6.45, 7) is 4.38. The normalized spacial score (nSPS) is 15.2. The molecule has 1 aromatic rings. The Bertz CT molecular complexity index is 285. The molecule has 0 saturated heterocycles. The van der Waals surface area contributed by atoms with Crippen molar-refractivity contribution in [2.75, 3.05) is 0 Å². The van der Waals surface area contributed by atoms with Gasteiger partial charge in [0.15, 0.2) is 0 Å². The van der Waals surface area contributed by atoms with Gasteiger partial charge in [0.25, 0.3) is 0 Å². The van der Waals surface area contributed by atoms with Gasteiger partial charge in [-0.2, -0.15) is 5.10 Å². The average Bonchev–Trinajstić information content (AvgIpc) is 2.61. The lowest BCUT2D eigenvalue weighted by atomic mass is 10.1. The summed E-state index contributed by atoms with van der Waals surface area (Å²) in [4.78, 5) is 1.22. The molecule has 86 valence electrons. The van der Waals surface area contributed by atoms with Gasteiger partial charge in [0.1, 0.15) is 0 Å². The van der Waals surface area contributed by atoms with E-state index in [0.29, 0.717) is 11.3 Å². The van der Waals surface area contributed by atoms with E-state index in [1.165, 1.54) is 4.90 Å². The molecular formula is C11H21N3S. The number of nitrogens with zero attached hydrogens (tertiary/aromatic N) is 2. The highest BCUT2D eigenvalue weighted by Crippen LogP contribution is 2.27. The van der Waals surface area contributed by atoms with Crippen LogP contribution in [0.1, 0.15) is 33.1 Å². The first-order chi connectivity index (χ1) is 7.17. The third-order valence-corrected chi connectivity index (χ3v) is 3.94. The van der Waals surface area contributed by atoms with Crippen LogP contribution in [0.25, 0.3) is 0 Å². The van der Waals surface area contributed by atoms with Crippen molar-refractivity contribution >= 4 is 11.8 Å². The van der Waals surface area contributed by atoms with Crippen LogP contribution in [0.2, 0.25) is 0 Å². The lowest BCUT2D eigenvalue weighted by Gasteiger charge is -2.20. The lowest BCUT2D eigenvalue weighted by molar-refractivity contribution is 0.567. The molecule has 0 aliphatic heterocycles. The van der Waals surface area contributed by atoms with Crippen LogP contribution in [0.5, 0.6) is 0 Å². The number of nitrogens with two attached hydrogens (primary N) is 1. The SMILES string of the molecule is CCCC(N)C(CC)Sc1cnn(C)c1. The summed E-state index contributed by atoms with van der Waals surface area (Å²) < 4.78 is 1.83. The number of rotatable bonds is 6. The van der Waals surface area contributed by atoms with Crippen LogP contribution < -0.4 is 5.73 Å². The molecule has 1 aromatic heterocycles. The van der Waals surface area contributed by atoms with Crippen LogP contribution in [0.3, 0.4) is 0 Å². The molecule has 2 N–H and O–H groups in total. The van der Waals surface area contributed by atoms with Crippen molar-refractivity contribution < 1.29 is 0 Å². The minimum absolute atomic E-state index is 0.296. The van der Waals surface area contributed by atoms with E-state index < -0.39 is 0 Å². The first-order valence-corrected chi connectivity index (χ1v) is 6.46. The topological polar surface area (TPSA) is 43.8 Å². The predicted molar refractivity (Wildman–Crippen MR) is 66.0 cm³/mol. The van der Waals surface area contributed by atoms with E-state index in [1.807, 2.05) is 35.9 Å². The minimum atomic E-state index is 0.296. The van der Waals surface area contributed by atoms with E-state index >= 15 is 0 Å². The van der Waals surface area contributed by atoms with Crippen molar-refractivity contribution in [2.45, 2.75) is 49.3 Å². The summed E-state index contributed by atoms with van der Waals surface area (Å²) in [5.74, 6) is 0. The molecule has 15 heavy (non-hydrogen) atoms. The fraction of sp³-hybridized carbons (Fsp3) is 0.727. The number of hydrogen-bond donors (Lipinski definition) is 1. The third kappa shape index (κ3) is 3.87. The van der Waals surface area contributed by atoms with Crippen molar-refractivity contribution in [1.82, 2.24) is 9.78 Å². The maximum absolute atomic E-state index is 6.15. The maximum atomic E-state index is 6.15. The molecule has 0 aromatic carbocycles. The predicted octanol–water partition coefficient (Wildman–Crippen LogP) is 2.42. The minimum Gasteiger partial charge on any atom is -0.327 e. The Morgan fingerprint density at radius 1 is 1.53 bits per heavy atom. The monoisotopic (exact) mass is 227 g/mol. The van der Waals surface area contributed by atoms with Crippen molar-refractivity contribution in [2.24, 2.45) is 12.8 Å². The van der Waals surface area contributed by atoms with Crippen LogP contribution >= 0.6 is 11.8 Å². The first kappa shape index (κ1) is 12.6. The van der Waals surface area contributed by atoms with E-state index in [4.69, 9.17) is 5.73 Å². The van der Waals surface area contributed by atoms with Crippen molar-refractivity contribution in [3.63, 3.8) is 0 Å². The molecule has 1 heterocycles. The average molecular weight is 227 g/mol. The van der Waals surface area contributed by atoms with Gasteiger partial charge in [-0.15, -0.1) is 11.8 Å². The quantitative estimate of drug-likeness (QED) is 0.759. The highest BCUT2D eigenvalue weighted by molar-refractivity contribution is 8.00. The molecule has 0 fully saturated rings. The highest BCUT2D eigenvalue weighted by atomic mass is 32.2. The Kier molecular flexibility index (Phi) is 5.19. The zero-order valence-corrected chi connectivity index (χ0v) is 10.6. The highest BCUT2D eigenvalue weighted by Gasteiger charge is 2.16. The van der Waals surface area contributed by atoms with Crippen LogP contribution in [0.15, 0.2) is 17.3 Å². The Balaban J connectivity index is 2.53. The molecule has 1 rings (SSSR count). The Morgan fingerprint density at radius 2 is 2.27 bits per heavy atom. The van der Waals surface area contributed by atoms with E-state index in [2.05, 4.69) is 18.9 Å². The van der Waals surface area contributed by atoms with Crippen LogP contribution in [0.4, 0.5) is 0 Å². The van der Waals surface area contributed by atoms with E-state index in [-0.39, 0.29) is 0 Å². The second kappa shape index (κ2) is 6.18. The summed E-state index contributed by atoms with van der Waals surface area (Å²) in [7, 11) is 1.94. The summed E-state index contributed by atoms with van der Waals surface area (Å²) in [5.41, 5.74) is 6.15. The molecule has 0 aliphatic rings. The molecule has 4 heteroatoms. The lowest BCUT2D eigenvalue weighted by Crippen LogP contribution is -2.31. The van der Waals surface area contributed by atoms with Gasteiger partial charge in [0.05, 0.1) is 6.20 Å². The number of aromatic nitrogens is 2. The van der Waals surface area contributed by atoms with Gasteiger partial charge >= 0.3 is 0 Å². The van der Waals surface area contributed by atoms with Crippen molar-refractivity contribution in [1.29, 1.82) is 0 Å². The van der Waals surface area contributed by atoms with Gasteiger partial charge in [0, 0.05) is 29.4 Å². The number of hydrogen-bond acceptors (Lipinski definition) is 3. The van der Waals surface area contributed by atoms with Crippen molar-refractivity contribution in [3.8, 4) is 0 Å². The summed E-state index contributed by atoms with van der Waals surface area (Å²) in [5, 5.41) is 4.67. The number of thioether (sulfide) groups is 1. The summed E-state index contributed by atoms with van der Waals surface area (Å²) >= 11 is 1.85. The summed E-state index contributed by atoms with van der Waals surface area (Å²) in [6.07, 6.45) is 7.33. The largest absolute Gasteiger partial charge is 0.327 e. The van der Waals surface area contributed by atoms with Crippen LogP contribution in [-0.2, 0) is 7.05 Å². The van der Waals surface area contributed by atoms with Gasteiger partial charge in [-0.25, -0.2) is 0 Å². The third-order valence-electron chi connectivity index (χ3n) is 2.47. The Hall–Kier alpha value is -0.480. The second-order valence-corrected chi connectivity index (χ2v) is 5.18. The van der Waals surface area contributed by atoms with Gasteiger partial charge < -0.3 is 5.73 Å². The van der Waals surface area contributed by atoms with Gasteiger partial charge in [-0.05, 0) is 12.8 Å². The fourth-order valence-electron chi connectivity index (χ4n) is 1.63. The smallest absolute Gasteiger partial charge is 0.0625 e. The van der Waals surface area contributed by atoms with Crippen LogP contribution in [0, 0.1) is 0 Å². The molecule has 3 nitrogen and oxygen atoms in total. The van der Waals surface area contributed by atoms with E-state index in [9.17, 15) is 0 Å². The zero-order chi connectivity index (χ0) is 11.3. The van der Waals surface area contributed by atoms with Crippen molar-refractivity contribution in [3.05, 3.63) is 12.4 Å². The molecule has 0 spiro atoms. The molecule has 0 bridgehead atoms. The molecular weight excluding hydrogens is 206 g/mol. The maximum Gasteiger partial charge on any atom is 0.0625 e. The zero-order valence-electron chi connectivity index (χ0n) is 9.81. The molecule has 0 saturated carbocycles.